The maximum absolute atomic E-state index is 15.3. The fourth-order valence-electron chi connectivity index (χ4n) is 6.61. The first-order valence-corrected chi connectivity index (χ1v) is 13.5. The molecule has 3 fully saturated rings. The van der Waals surface area contributed by atoms with Crippen LogP contribution in [0, 0.1) is 19.7 Å². The van der Waals surface area contributed by atoms with Crippen LogP contribution in [0.5, 0.6) is 0 Å². The van der Waals surface area contributed by atoms with Gasteiger partial charge in [-0.15, -0.1) is 0 Å². The van der Waals surface area contributed by atoms with E-state index >= 15 is 4.39 Å². The van der Waals surface area contributed by atoms with Gasteiger partial charge in [-0.25, -0.2) is 9.37 Å². The number of halogens is 1. The Morgan fingerprint density at radius 3 is 2.62 bits per heavy atom. The molecular formula is C28H36FN5O3. The lowest BCUT2D eigenvalue weighted by atomic mass is 9.90. The van der Waals surface area contributed by atoms with Crippen LogP contribution in [0.2, 0.25) is 0 Å². The van der Waals surface area contributed by atoms with E-state index in [0.29, 0.717) is 55.6 Å². The van der Waals surface area contributed by atoms with Crippen molar-refractivity contribution in [2.75, 3.05) is 44.3 Å². The predicted octanol–water partition coefficient (Wildman–Crippen LogP) is 4.19. The van der Waals surface area contributed by atoms with Crippen molar-refractivity contribution < 1.29 is 18.8 Å². The van der Waals surface area contributed by atoms with E-state index in [1.807, 2.05) is 19.9 Å². The van der Waals surface area contributed by atoms with Gasteiger partial charge in [0.25, 0.3) is 5.89 Å². The van der Waals surface area contributed by atoms with Gasteiger partial charge in [-0.3, -0.25) is 4.90 Å². The zero-order valence-electron chi connectivity index (χ0n) is 22.0. The minimum Gasteiger partial charge on any atom is -0.388 e. The highest BCUT2D eigenvalue weighted by Crippen LogP contribution is 2.44. The van der Waals surface area contributed by atoms with Gasteiger partial charge in [0.05, 0.1) is 11.2 Å². The molecule has 0 saturated carbocycles. The summed E-state index contributed by atoms with van der Waals surface area (Å²) in [5.74, 6) is 1.37. The quantitative estimate of drug-likeness (QED) is 0.548. The minimum absolute atomic E-state index is 0.0365. The molecule has 8 nitrogen and oxygen atoms in total. The summed E-state index contributed by atoms with van der Waals surface area (Å²) in [7, 11) is 0. The molecule has 6 rings (SSSR count). The molecule has 3 aromatic rings. The Labute approximate surface area is 216 Å². The van der Waals surface area contributed by atoms with Crippen molar-refractivity contribution in [3.63, 3.8) is 0 Å². The third-order valence-corrected chi connectivity index (χ3v) is 8.77. The van der Waals surface area contributed by atoms with Crippen LogP contribution in [0.4, 0.5) is 10.2 Å². The molecule has 5 heterocycles. The molecule has 0 radical (unpaired) electrons. The molecule has 198 valence electrons. The van der Waals surface area contributed by atoms with Gasteiger partial charge in [0.1, 0.15) is 17.2 Å². The topological polar surface area (TPSA) is 87.8 Å². The van der Waals surface area contributed by atoms with Crippen molar-refractivity contribution in [2.24, 2.45) is 0 Å². The van der Waals surface area contributed by atoms with Crippen LogP contribution in [-0.2, 0) is 11.2 Å². The SMILES string of the molecule is CCc1cc(F)c2nc(N3CC[C@@]4(CCCN4CC4(O)CCOCC4)C3)c(-c3nc(C)no3)c(C)c2c1. The number of hydrogen-bond acceptors (Lipinski definition) is 8. The van der Waals surface area contributed by atoms with Gasteiger partial charge < -0.3 is 19.3 Å². The number of aromatic nitrogens is 3. The number of aryl methyl sites for hydroxylation is 3. The van der Waals surface area contributed by atoms with Crippen LogP contribution < -0.4 is 4.90 Å². The lowest BCUT2D eigenvalue weighted by Gasteiger charge is -2.42. The summed E-state index contributed by atoms with van der Waals surface area (Å²) in [5.41, 5.74) is 2.26. The number of pyridine rings is 1. The van der Waals surface area contributed by atoms with Gasteiger partial charge in [-0.2, -0.15) is 4.98 Å². The molecule has 1 N–H and O–H groups in total. The van der Waals surface area contributed by atoms with E-state index in [-0.39, 0.29) is 11.4 Å². The first-order chi connectivity index (χ1) is 17.8. The zero-order chi connectivity index (χ0) is 25.8. The van der Waals surface area contributed by atoms with E-state index < -0.39 is 5.60 Å². The summed E-state index contributed by atoms with van der Waals surface area (Å²) in [6, 6.07) is 3.61. The normalized spacial score (nSPS) is 24.1. The second-order valence-corrected chi connectivity index (χ2v) is 11.2. The minimum atomic E-state index is -0.701. The lowest BCUT2D eigenvalue weighted by Crippen LogP contribution is -2.54. The van der Waals surface area contributed by atoms with Gasteiger partial charge in [-0.05, 0) is 69.3 Å². The summed E-state index contributed by atoms with van der Waals surface area (Å²) < 4.78 is 26.4. The Bertz CT molecular complexity index is 1320. The van der Waals surface area contributed by atoms with Crippen molar-refractivity contribution in [2.45, 2.75) is 70.4 Å². The fourth-order valence-corrected chi connectivity index (χ4v) is 6.61. The van der Waals surface area contributed by atoms with Crippen molar-refractivity contribution in [1.82, 2.24) is 20.0 Å². The number of β-amino-alcohol motifs (C(OH)–C–C–N with tert-alkyl or cyclic N) is 1. The van der Waals surface area contributed by atoms with Crippen LogP contribution in [0.1, 0.15) is 56.0 Å². The maximum Gasteiger partial charge on any atom is 0.261 e. The number of likely N-dealkylation sites (tertiary alicyclic amines) is 1. The number of ether oxygens (including phenoxy) is 1. The van der Waals surface area contributed by atoms with Crippen LogP contribution in [0.15, 0.2) is 16.7 Å². The van der Waals surface area contributed by atoms with Crippen molar-refractivity contribution in [3.05, 3.63) is 34.9 Å². The lowest BCUT2D eigenvalue weighted by molar-refractivity contribution is -0.0880. The van der Waals surface area contributed by atoms with Gasteiger partial charge >= 0.3 is 0 Å². The van der Waals surface area contributed by atoms with Crippen LogP contribution in [0.25, 0.3) is 22.4 Å². The van der Waals surface area contributed by atoms with Gasteiger partial charge in [0, 0.05) is 56.6 Å². The number of fused-ring (bicyclic) bond motifs is 1. The number of benzene rings is 1. The molecule has 0 aliphatic carbocycles. The predicted molar refractivity (Wildman–Crippen MR) is 139 cm³/mol. The molecule has 1 spiro atoms. The second kappa shape index (κ2) is 9.29. The Hall–Kier alpha value is -2.62. The van der Waals surface area contributed by atoms with Gasteiger partial charge in [0.2, 0.25) is 0 Å². The number of rotatable bonds is 5. The molecule has 0 unspecified atom stereocenters. The number of anilines is 1. The second-order valence-electron chi connectivity index (χ2n) is 11.2. The average molecular weight is 510 g/mol. The largest absolute Gasteiger partial charge is 0.388 e. The first kappa shape index (κ1) is 24.7. The summed E-state index contributed by atoms with van der Waals surface area (Å²) in [4.78, 5) is 14.2. The van der Waals surface area contributed by atoms with Gasteiger partial charge in [0.15, 0.2) is 5.82 Å². The molecule has 3 saturated heterocycles. The summed E-state index contributed by atoms with van der Waals surface area (Å²) >= 11 is 0. The van der Waals surface area contributed by atoms with E-state index in [1.54, 1.807) is 13.0 Å². The number of aliphatic hydroxyl groups is 1. The summed E-state index contributed by atoms with van der Waals surface area (Å²) in [5, 5.41) is 16.1. The smallest absolute Gasteiger partial charge is 0.261 e. The van der Waals surface area contributed by atoms with Crippen molar-refractivity contribution >= 4 is 16.7 Å². The molecule has 0 amide bonds. The number of nitrogens with zero attached hydrogens (tertiary/aromatic N) is 5. The summed E-state index contributed by atoms with van der Waals surface area (Å²) in [6.45, 7) is 10.3. The van der Waals surface area contributed by atoms with Crippen molar-refractivity contribution in [3.8, 4) is 11.5 Å². The highest BCUT2D eigenvalue weighted by molar-refractivity contribution is 5.93. The highest BCUT2D eigenvalue weighted by atomic mass is 19.1. The van der Waals surface area contributed by atoms with E-state index in [2.05, 4.69) is 19.9 Å². The van der Waals surface area contributed by atoms with E-state index in [0.717, 1.165) is 67.4 Å². The van der Waals surface area contributed by atoms with Crippen LogP contribution in [-0.4, -0.2) is 75.7 Å². The van der Waals surface area contributed by atoms with E-state index in [4.69, 9.17) is 14.2 Å². The molecule has 3 aliphatic rings. The highest BCUT2D eigenvalue weighted by Gasteiger charge is 2.49. The molecule has 9 heteroatoms. The molecular weight excluding hydrogens is 473 g/mol. The third kappa shape index (κ3) is 4.30. The Morgan fingerprint density at radius 1 is 1.08 bits per heavy atom. The zero-order valence-corrected chi connectivity index (χ0v) is 22.0. The Kier molecular flexibility index (Phi) is 6.20. The van der Waals surface area contributed by atoms with Crippen LogP contribution in [0.3, 0.4) is 0 Å². The van der Waals surface area contributed by atoms with Crippen LogP contribution >= 0.6 is 0 Å². The Balaban J connectivity index is 1.40. The molecule has 0 bridgehead atoms. The molecule has 1 atom stereocenters. The van der Waals surface area contributed by atoms with E-state index in [9.17, 15) is 5.11 Å². The average Bonchev–Trinajstić information content (AvgIpc) is 3.61. The summed E-state index contributed by atoms with van der Waals surface area (Å²) in [6.07, 6.45) is 5.24. The van der Waals surface area contributed by atoms with Crippen molar-refractivity contribution in [1.29, 1.82) is 0 Å². The fraction of sp³-hybridized carbons (Fsp3) is 0.607. The molecule has 37 heavy (non-hydrogen) atoms. The number of hydrogen-bond donors (Lipinski definition) is 1. The molecule has 2 aromatic heterocycles. The Morgan fingerprint density at radius 2 is 1.89 bits per heavy atom. The first-order valence-electron chi connectivity index (χ1n) is 13.5. The molecule has 1 aromatic carbocycles. The third-order valence-electron chi connectivity index (χ3n) is 8.77. The van der Waals surface area contributed by atoms with E-state index in [1.165, 1.54) is 0 Å². The monoisotopic (exact) mass is 509 g/mol. The maximum atomic E-state index is 15.3. The standard InChI is InChI=1S/C28H36FN5O3/c1-4-20-14-21-18(2)23(26-30-19(3)32-37-26)25(31-24(21)22(29)15-20)33-11-7-27(16-33)6-5-10-34(27)17-28(35)8-12-36-13-9-28/h14-15,35H,4-13,16-17H2,1-3H3/t27-/m0/s1. The molecule has 3 aliphatic heterocycles. The van der Waals surface area contributed by atoms with Gasteiger partial charge in [-0.1, -0.05) is 12.1 Å².